The quantitative estimate of drug-likeness (QED) is 0.316. The van der Waals surface area contributed by atoms with Crippen LogP contribution in [0, 0.1) is 0 Å². The van der Waals surface area contributed by atoms with E-state index in [9.17, 15) is 4.57 Å². The number of hydrogen-bond donors (Lipinski definition) is 0. The van der Waals surface area contributed by atoms with E-state index >= 15 is 0 Å². The predicted molar refractivity (Wildman–Crippen MR) is 128 cm³/mol. The van der Waals surface area contributed by atoms with Gasteiger partial charge in [-0.05, 0) is 70.7 Å². The Bertz CT molecular complexity index is 1110. The fraction of sp³-hybridized carbons (Fsp3) is 0.333. The summed E-state index contributed by atoms with van der Waals surface area (Å²) < 4.78 is 20.6. The maximum absolute atomic E-state index is 14.6. The topological polar surface area (TPSA) is 26.3 Å². The Morgan fingerprint density at radius 1 is 0.933 bits per heavy atom. The van der Waals surface area contributed by atoms with E-state index in [2.05, 4.69) is 57.2 Å². The Morgan fingerprint density at radius 3 is 2.37 bits per heavy atom. The molecule has 1 unspecified atom stereocenters. The number of rotatable bonds is 7. The minimum absolute atomic E-state index is 0.382. The van der Waals surface area contributed by atoms with Gasteiger partial charge < -0.3 is 4.52 Å². The van der Waals surface area contributed by atoms with Crippen LogP contribution in [0.5, 0.6) is 0 Å². The molecule has 0 saturated carbocycles. The molecular weight excluding hydrogens is 387 g/mol. The standard InChI is InChI=1S/C27H31O2P/c1-5-6-12-24-21(19(2)3)14-9-16-26(24)30(28,29-4)27-17-10-15-23-22-13-8-7-11-20(22)18-25(23)27/h7-11,13-17,19H,5-6,12,18H2,1-4H3. The van der Waals surface area contributed by atoms with E-state index in [1.54, 1.807) is 7.11 Å². The summed E-state index contributed by atoms with van der Waals surface area (Å²) in [5.41, 5.74) is 7.39. The van der Waals surface area contributed by atoms with Gasteiger partial charge in [0.05, 0.1) is 0 Å². The zero-order valence-electron chi connectivity index (χ0n) is 18.4. The largest absolute Gasteiger partial charge is 0.325 e. The highest BCUT2D eigenvalue weighted by Crippen LogP contribution is 2.49. The summed E-state index contributed by atoms with van der Waals surface area (Å²) in [4.78, 5) is 0. The molecule has 1 aliphatic carbocycles. The van der Waals surface area contributed by atoms with Crippen LogP contribution in [0.2, 0.25) is 0 Å². The minimum atomic E-state index is -3.22. The molecular formula is C27H31O2P. The van der Waals surface area contributed by atoms with Gasteiger partial charge in [-0.25, -0.2) is 0 Å². The molecule has 1 atom stereocenters. The van der Waals surface area contributed by atoms with Gasteiger partial charge in [0.1, 0.15) is 0 Å². The smallest absolute Gasteiger partial charge is 0.261 e. The summed E-state index contributed by atoms with van der Waals surface area (Å²) in [6.07, 6.45) is 3.93. The van der Waals surface area contributed by atoms with E-state index in [-0.39, 0.29) is 0 Å². The van der Waals surface area contributed by atoms with Crippen molar-refractivity contribution < 1.29 is 9.09 Å². The lowest BCUT2D eigenvalue weighted by Crippen LogP contribution is -2.25. The van der Waals surface area contributed by atoms with Crippen molar-refractivity contribution in [2.24, 2.45) is 0 Å². The number of unbranched alkanes of at least 4 members (excludes halogenated alkanes) is 1. The van der Waals surface area contributed by atoms with Crippen LogP contribution in [0.1, 0.15) is 61.8 Å². The minimum Gasteiger partial charge on any atom is -0.325 e. The first kappa shape index (κ1) is 21.1. The molecule has 3 aromatic rings. The molecule has 4 rings (SSSR count). The van der Waals surface area contributed by atoms with Crippen LogP contribution in [0.4, 0.5) is 0 Å². The molecule has 30 heavy (non-hydrogen) atoms. The van der Waals surface area contributed by atoms with Crippen LogP contribution in [-0.4, -0.2) is 7.11 Å². The van der Waals surface area contributed by atoms with Crippen LogP contribution in [0.3, 0.4) is 0 Å². The van der Waals surface area contributed by atoms with Gasteiger partial charge in [0.2, 0.25) is 0 Å². The SMILES string of the molecule is CCCCc1c(C(C)C)cccc1P(=O)(OC)c1cccc2c1Cc1ccccc1-2. The molecule has 0 fully saturated rings. The van der Waals surface area contributed by atoms with Gasteiger partial charge in [0, 0.05) is 17.7 Å². The molecule has 3 aromatic carbocycles. The highest BCUT2D eigenvalue weighted by atomic mass is 31.2. The molecule has 1 aliphatic rings. The fourth-order valence-electron chi connectivity index (χ4n) is 4.78. The second-order valence-electron chi connectivity index (χ2n) is 8.47. The first-order valence-electron chi connectivity index (χ1n) is 11.0. The lowest BCUT2D eigenvalue weighted by Gasteiger charge is -2.25. The molecule has 0 aromatic heterocycles. The van der Waals surface area contributed by atoms with Gasteiger partial charge in [0.15, 0.2) is 0 Å². The van der Waals surface area contributed by atoms with Crippen LogP contribution in [-0.2, 0) is 21.9 Å². The third-order valence-electron chi connectivity index (χ3n) is 6.31. The average molecular weight is 419 g/mol. The summed E-state index contributed by atoms with van der Waals surface area (Å²) in [6.45, 7) is 6.63. The predicted octanol–water partition coefficient (Wildman–Crippen LogP) is 6.60. The van der Waals surface area contributed by atoms with Gasteiger partial charge in [-0.15, -0.1) is 0 Å². The Hall–Kier alpha value is -2.15. The highest BCUT2D eigenvalue weighted by molar-refractivity contribution is 7.74. The van der Waals surface area contributed by atoms with Crippen molar-refractivity contribution in [3.63, 3.8) is 0 Å². The normalized spacial score (nSPS) is 14.4. The molecule has 156 valence electrons. The average Bonchev–Trinajstić information content (AvgIpc) is 3.15. The lowest BCUT2D eigenvalue weighted by molar-refractivity contribution is 0.412. The summed E-state index contributed by atoms with van der Waals surface area (Å²) in [6, 6.07) is 20.9. The molecule has 0 amide bonds. The van der Waals surface area contributed by atoms with Crippen molar-refractivity contribution in [1.82, 2.24) is 0 Å². The van der Waals surface area contributed by atoms with Gasteiger partial charge >= 0.3 is 0 Å². The first-order valence-corrected chi connectivity index (χ1v) is 12.6. The number of benzene rings is 3. The molecule has 0 saturated heterocycles. The second-order valence-corrected chi connectivity index (χ2v) is 10.9. The zero-order valence-corrected chi connectivity index (χ0v) is 19.3. The molecule has 2 nitrogen and oxygen atoms in total. The molecule has 0 bridgehead atoms. The maximum atomic E-state index is 14.6. The number of hydrogen-bond acceptors (Lipinski definition) is 2. The van der Waals surface area contributed by atoms with E-state index in [0.717, 1.165) is 41.9 Å². The molecule has 0 radical (unpaired) electrons. The third-order valence-corrected chi connectivity index (χ3v) is 8.93. The lowest BCUT2D eigenvalue weighted by atomic mass is 9.94. The zero-order chi connectivity index (χ0) is 21.3. The fourth-order valence-corrected chi connectivity index (χ4v) is 7.15. The van der Waals surface area contributed by atoms with Crippen LogP contribution in [0.25, 0.3) is 11.1 Å². The Morgan fingerprint density at radius 2 is 1.63 bits per heavy atom. The monoisotopic (exact) mass is 418 g/mol. The van der Waals surface area contributed by atoms with Crippen molar-refractivity contribution in [1.29, 1.82) is 0 Å². The Balaban J connectivity index is 1.92. The Kier molecular flexibility index (Phi) is 6.00. The van der Waals surface area contributed by atoms with E-state index in [0.29, 0.717) is 5.92 Å². The Labute approximate surface area is 180 Å². The van der Waals surface area contributed by atoms with E-state index in [4.69, 9.17) is 4.52 Å². The summed E-state index contributed by atoms with van der Waals surface area (Å²) in [5.74, 6) is 0.382. The summed E-state index contributed by atoms with van der Waals surface area (Å²) >= 11 is 0. The van der Waals surface area contributed by atoms with Crippen LogP contribution in [0.15, 0.2) is 60.7 Å². The van der Waals surface area contributed by atoms with Crippen molar-refractivity contribution in [2.45, 2.75) is 52.4 Å². The molecule has 0 heterocycles. The van der Waals surface area contributed by atoms with Crippen LogP contribution < -0.4 is 10.6 Å². The van der Waals surface area contributed by atoms with Crippen molar-refractivity contribution >= 4 is 18.0 Å². The van der Waals surface area contributed by atoms with Crippen molar-refractivity contribution in [3.05, 3.63) is 82.9 Å². The maximum Gasteiger partial charge on any atom is 0.261 e. The molecule has 3 heteroatoms. The summed E-state index contributed by atoms with van der Waals surface area (Å²) in [5, 5.41) is 1.74. The molecule has 0 N–H and O–H groups in total. The summed E-state index contributed by atoms with van der Waals surface area (Å²) in [7, 11) is -1.61. The van der Waals surface area contributed by atoms with E-state index < -0.39 is 7.37 Å². The van der Waals surface area contributed by atoms with Crippen molar-refractivity contribution in [3.8, 4) is 11.1 Å². The molecule has 0 spiro atoms. The van der Waals surface area contributed by atoms with Gasteiger partial charge in [-0.1, -0.05) is 75.7 Å². The van der Waals surface area contributed by atoms with E-state index in [1.807, 2.05) is 24.3 Å². The van der Waals surface area contributed by atoms with E-state index in [1.165, 1.54) is 27.8 Å². The van der Waals surface area contributed by atoms with Gasteiger partial charge in [-0.2, -0.15) is 0 Å². The third kappa shape index (κ3) is 3.47. The second kappa shape index (κ2) is 8.53. The van der Waals surface area contributed by atoms with Crippen molar-refractivity contribution in [2.75, 3.05) is 7.11 Å². The van der Waals surface area contributed by atoms with Gasteiger partial charge in [-0.3, -0.25) is 4.57 Å². The van der Waals surface area contributed by atoms with Gasteiger partial charge in [0.25, 0.3) is 7.37 Å². The highest BCUT2D eigenvalue weighted by Gasteiger charge is 2.35. The number of fused-ring (bicyclic) bond motifs is 3. The molecule has 0 aliphatic heterocycles. The first-order chi connectivity index (χ1) is 14.5. The van der Waals surface area contributed by atoms with Crippen LogP contribution >= 0.6 is 7.37 Å².